The van der Waals surface area contributed by atoms with Gasteiger partial charge in [0.1, 0.15) is 0 Å². The van der Waals surface area contributed by atoms with Gasteiger partial charge in [-0.1, -0.05) is 13.3 Å². The van der Waals surface area contributed by atoms with Gasteiger partial charge < -0.3 is 10.1 Å². The Hall–Kier alpha value is -1.36. The van der Waals surface area contributed by atoms with Crippen molar-refractivity contribution in [1.82, 2.24) is 15.1 Å². The van der Waals surface area contributed by atoms with E-state index in [2.05, 4.69) is 24.3 Å². The lowest BCUT2D eigenvalue weighted by molar-refractivity contribution is 0.371. The molecule has 1 atom stereocenters. The summed E-state index contributed by atoms with van der Waals surface area (Å²) in [6, 6.07) is 3.52. The Morgan fingerprint density at radius 2 is 2.29 bits per heavy atom. The molecular weight excluding hydrogens is 218 g/mol. The second kappa shape index (κ2) is 7.06. The first-order valence-corrected chi connectivity index (χ1v) is 6.03. The number of nitrogens with one attached hydrogen (secondary N) is 1. The molecule has 1 heterocycles. The standard InChI is InChI=1S/C12H21N3O2/c1-4-5-10(2)13-8-9-15-12(16)7-6-11(14-15)17-3/h6-7,10,13H,4-5,8-9H2,1-3H3. The van der Waals surface area contributed by atoms with E-state index in [9.17, 15) is 4.79 Å². The molecule has 1 aromatic heterocycles. The Kier molecular flexibility index (Phi) is 5.69. The van der Waals surface area contributed by atoms with E-state index in [1.54, 1.807) is 13.2 Å². The van der Waals surface area contributed by atoms with Crippen LogP contribution in [0.2, 0.25) is 0 Å². The number of hydrogen-bond acceptors (Lipinski definition) is 4. The SMILES string of the molecule is CCCC(C)NCCn1nc(OC)ccc1=O. The van der Waals surface area contributed by atoms with Crippen LogP contribution in [0, 0.1) is 0 Å². The van der Waals surface area contributed by atoms with E-state index >= 15 is 0 Å². The summed E-state index contributed by atoms with van der Waals surface area (Å²) in [6.45, 7) is 5.60. The molecule has 0 spiro atoms. The minimum absolute atomic E-state index is 0.101. The van der Waals surface area contributed by atoms with Gasteiger partial charge in [-0.05, 0) is 13.3 Å². The summed E-state index contributed by atoms with van der Waals surface area (Å²) in [5.74, 6) is 0.464. The van der Waals surface area contributed by atoms with E-state index in [4.69, 9.17) is 4.74 Å². The van der Waals surface area contributed by atoms with Gasteiger partial charge in [-0.2, -0.15) is 0 Å². The van der Waals surface area contributed by atoms with Crippen LogP contribution in [0.5, 0.6) is 5.88 Å². The van der Waals surface area contributed by atoms with Crippen molar-refractivity contribution in [2.75, 3.05) is 13.7 Å². The molecule has 0 bridgehead atoms. The van der Waals surface area contributed by atoms with Crippen LogP contribution in [0.1, 0.15) is 26.7 Å². The molecule has 0 saturated heterocycles. The molecule has 0 amide bonds. The predicted octanol–water partition coefficient (Wildman–Crippen LogP) is 1.03. The molecule has 5 nitrogen and oxygen atoms in total. The predicted molar refractivity (Wildman–Crippen MR) is 67.4 cm³/mol. The highest BCUT2D eigenvalue weighted by Crippen LogP contribution is 1.99. The lowest BCUT2D eigenvalue weighted by Gasteiger charge is -2.13. The number of aromatic nitrogens is 2. The smallest absolute Gasteiger partial charge is 0.267 e. The fraction of sp³-hybridized carbons (Fsp3) is 0.667. The highest BCUT2D eigenvalue weighted by atomic mass is 16.5. The monoisotopic (exact) mass is 239 g/mol. The molecule has 17 heavy (non-hydrogen) atoms. The number of ether oxygens (including phenoxy) is 1. The van der Waals surface area contributed by atoms with Crippen molar-refractivity contribution in [2.24, 2.45) is 0 Å². The van der Waals surface area contributed by atoms with E-state index in [-0.39, 0.29) is 5.56 Å². The van der Waals surface area contributed by atoms with Crippen LogP contribution < -0.4 is 15.6 Å². The summed E-state index contributed by atoms with van der Waals surface area (Å²) in [7, 11) is 1.54. The highest BCUT2D eigenvalue weighted by Gasteiger charge is 2.02. The van der Waals surface area contributed by atoms with Gasteiger partial charge in [0.15, 0.2) is 0 Å². The summed E-state index contributed by atoms with van der Waals surface area (Å²) in [5, 5.41) is 7.43. The quantitative estimate of drug-likeness (QED) is 0.772. The van der Waals surface area contributed by atoms with Gasteiger partial charge in [0.2, 0.25) is 5.88 Å². The third-order valence-corrected chi connectivity index (χ3v) is 2.59. The topological polar surface area (TPSA) is 56.1 Å². The number of methoxy groups -OCH3 is 1. The van der Waals surface area contributed by atoms with Gasteiger partial charge in [-0.3, -0.25) is 4.79 Å². The Bertz CT molecular complexity index is 390. The third kappa shape index (κ3) is 4.56. The van der Waals surface area contributed by atoms with Crippen molar-refractivity contribution >= 4 is 0 Å². The maximum atomic E-state index is 11.5. The Morgan fingerprint density at radius 3 is 2.94 bits per heavy atom. The lowest BCUT2D eigenvalue weighted by atomic mass is 10.2. The maximum absolute atomic E-state index is 11.5. The van der Waals surface area contributed by atoms with Crippen LogP contribution in [0.15, 0.2) is 16.9 Å². The Balaban J connectivity index is 2.48. The van der Waals surface area contributed by atoms with E-state index < -0.39 is 0 Å². The van der Waals surface area contributed by atoms with Crippen LogP contribution in [0.25, 0.3) is 0 Å². The summed E-state index contributed by atoms with van der Waals surface area (Å²) >= 11 is 0. The van der Waals surface area contributed by atoms with Crippen molar-refractivity contribution < 1.29 is 4.74 Å². The summed E-state index contributed by atoms with van der Waals surface area (Å²) in [5.41, 5.74) is -0.101. The van der Waals surface area contributed by atoms with Crippen LogP contribution in [-0.4, -0.2) is 29.5 Å². The Morgan fingerprint density at radius 1 is 1.53 bits per heavy atom. The second-order valence-electron chi connectivity index (χ2n) is 4.08. The summed E-state index contributed by atoms with van der Waals surface area (Å²) < 4.78 is 6.41. The van der Waals surface area contributed by atoms with Crippen LogP contribution in [0.4, 0.5) is 0 Å². The molecule has 0 radical (unpaired) electrons. The molecule has 1 unspecified atom stereocenters. The zero-order valence-electron chi connectivity index (χ0n) is 10.8. The molecule has 0 saturated carbocycles. The fourth-order valence-electron chi connectivity index (χ4n) is 1.65. The first-order chi connectivity index (χ1) is 8.17. The molecule has 0 fully saturated rings. The Labute approximate surface area is 102 Å². The summed E-state index contributed by atoms with van der Waals surface area (Å²) in [6.07, 6.45) is 2.30. The van der Waals surface area contributed by atoms with E-state index in [1.165, 1.54) is 10.7 Å². The van der Waals surface area contributed by atoms with Gasteiger partial charge in [-0.25, -0.2) is 4.68 Å². The van der Waals surface area contributed by atoms with Gasteiger partial charge in [0.25, 0.3) is 5.56 Å². The molecule has 0 aliphatic carbocycles. The van der Waals surface area contributed by atoms with Gasteiger partial charge in [0.05, 0.1) is 13.7 Å². The van der Waals surface area contributed by atoms with Crippen molar-refractivity contribution in [2.45, 2.75) is 39.3 Å². The average molecular weight is 239 g/mol. The van der Waals surface area contributed by atoms with Crippen LogP contribution in [-0.2, 0) is 6.54 Å². The normalized spacial score (nSPS) is 12.4. The first-order valence-electron chi connectivity index (χ1n) is 6.03. The number of hydrogen-bond donors (Lipinski definition) is 1. The third-order valence-electron chi connectivity index (χ3n) is 2.59. The first kappa shape index (κ1) is 13.7. The van der Waals surface area contributed by atoms with Crippen LogP contribution >= 0.6 is 0 Å². The highest BCUT2D eigenvalue weighted by molar-refractivity contribution is 5.05. The molecule has 96 valence electrons. The number of nitrogens with zero attached hydrogens (tertiary/aromatic N) is 2. The minimum Gasteiger partial charge on any atom is -0.480 e. The second-order valence-corrected chi connectivity index (χ2v) is 4.08. The fourth-order valence-corrected chi connectivity index (χ4v) is 1.65. The molecule has 0 aliphatic heterocycles. The number of rotatable bonds is 7. The molecular formula is C12H21N3O2. The zero-order valence-corrected chi connectivity index (χ0v) is 10.8. The van der Waals surface area contributed by atoms with Crippen molar-refractivity contribution in [3.05, 3.63) is 22.5 Å². The van der Waals surface area contributed by atoms with Crippen molar-refractivity contribution in [1.29, 1.82) is 0 Å². The van der Waals surface area contributed by atoms with E-state index in [1.807, 2.05) is 0 Å². The van der Waals surface area contributed by atoms with Gasteiger partial charge in [0, 0.05) is 24.7 Å². The van der Waals surface area contributed by atoms with E-state index in [0.717, 1.165) is 19.4 Å². The molecule has 1 aromatic rings. The minimum atomic E-state index is -0.101. The van der Waals surface area contributed by atoms with Crippen LogP contribution in [0.3, 0.4) is 0 Å². The average Bonchev–Trinajstić information content (AvgIpc) is 2.32. The molecule has 0 aromatic carbocycles. The molecule has 1 rings (SSSR count). The summed E-state index contributed by atoms with van der Waals surface area (Å²) in [4.78, 5) is 11.5. The maximum Gasteiger partial charge on any atom is 0.267 e. The van der Waals surface area contributed by atoms with Crippen molar-refractivity contribution in [3.8, 4) is 5.88 Å². The molecule has 1 N–H and O–H groups in total. The van der Waals surface area contributed by atoms with Crippen molar-refractivity contribution in [3.63, 3.8) is 0 Å². The molecule has 5 heteroatoms. The lowest BCUT2D eigenvalue weighted by Crippen LogP contribution is -2.33. The largest absolute Gasteiger partial charge is 0.480 e. The van der Waals surface area contributed by atoms with Gasteiger partial charge in [-0.15, -0.1) is 5.10 Å². The zero-order chi connectivity index (χ0) is 12.7. The molecule has 0 aliphatic rings. The van der Waals surface area contributed by atoms with E-state index in [0.29, 0.717) is 18.5 Å². The van der Waals surface area contributed by atoms with Gasteiger partial charge >= 0.3 is 0 Å².